The lowest BCUT2D eigenvalue weighted by Crippen LogP contribution is -2.43. The average Bonchev–Trinajstić information content (AvgIpc) is 2.54. The lowest BCUT2D eigenvalue weighted by atomic mass is 9.81. The van der Waals surface area contributed by atoms with Gasteiger partial charge in [-0.3, -0.25) is 0 Å². The zero-order valence-electron chi connectivity index (χ0n) is 14.8. The molecule has 1 aliphatic heterocycles. The van der Waals surface area contributed by atoms with Gasteiger partial charge in [-0.15, -0.1) is 0 Å². The van der Waals surface area contributed by atoms with E-state index in [1.54, 1.807) is 0 Å². The average molecular weight is 294 g/mol. The van der Waals surface area contributed by atoms with Crippen LogP contribution < -0.4 is 0 Å². The highest BCUT2D eigenvalue weighted by Gasteiger charge is 2.28. The fraction of sp³-hybridized carbons (Fsp3) is 1.00. The van der Waals surface area contributed by atoms with Crippen LogP contribution in [0.15, 0.2) is 0 Å². The molecule has 0 amide bonds. The van der Waals surface area contributed by atoms with Crippen molar-refractivity contribution < 1.29 is 0 Å². The Morgan fingerprint density at radius 1 is 0.667 bits per heavy atom. The number of unbranched alkanes of at least 4 members (excludes halogenated alkanes) is 3. The number of piperidine rings is 1. The fourth-order valence-electron chi connectivity index (χ4n) is 4.58. The van der Waals surface area contributed by atoms with Crippen LogP contribution in [0.4, 0.5) is 0 Å². The highest BCUT2D eigenvalue weighted by atomic mass is 15.2. The zero-order chi connectivity index (χ0) is 14.9. The van der Waals surface area contributed by atoms with Crippen LogP contribution in [0, 0.1) is 11.8 Å². The Bertz CT molecular complexity index is 247. The van der Waals surface area contributed by atoms with E-state index in [2.05, 4.69) is 18.7 Å². The van der Waals surface area contributed by atoms with Crippen LogP contribution in [0.2, 0.25) is 0 Å². The second-order valence-corrected chi connectivity index (χ2v) is 7.79. The molecular weight excluding hydrogens is 254 g/mol. The molecule has 1 aliphatic carbocycles. The molecule has 1 saturated carbocycles. The summed E-state index contributed by atoms with van der Waals surface area (Å²) in [6.45, 7) is 7.46. The van der Waals surface area contributed by atoms with Gasteiger partial charge in [0, 0.05) is 6.04 Å². The molecule has 124 valence electrons. The van der Waals surface area contributed by atoms with E-state index >= 15 is 0 Å². The lowest BCUT2D eigenvalue weighted by molar-refractivity contribution is 0.0901. The molecule has 1 heteroatoms. The van der Waals surface area contributed by atoms with Crippen LogP contribution >= 0.6 is 0 Å². The molecule has 21 heavy (non-hydrogen) atoms. The molecule has 1 nitrogen and oxygen atoms in total. The minimum atomic E-state index is 0.944. The highest BCUT2D eigenvalue weighted by molar-refractivity contribution is 4.83. The summed E-state index contributed by atoms with van der Waals surface area (Å²) in [7, 11) is 0. The molecule has 0 aromatic rings. The summed E-state index contributed by atoms with van der Waals surface area (Å²) in [5.41, 5.74) is 0. The molecule has 0 atom stereocenters. The highest BCUT2D eigenvalue weighted by Crippen LogP contribution is 2.33. The molecule has 2 aliphatic rings. The van der Waals surface area contributed by atoms with Crippen LogP contribution in [0.1, 0.15) is 97.3 Å². The molecule has 0 aromatic heterocycles. The first-order valence-electron chi connectivity index (χ1n) is 10.1. The van der Waals surface area contributed by atoms with Gasteiger partial charge in [0.2, 0.25) is 0 Å². The van der Waals surface area contributed by atoms with Crippen molar-refractivity contribution in [3.8, 4) is 0 Å². The van der Waals surface area contributed by atoms with Gasteiger partial charge in [-0.05, 0) is 63.5 Å². The minimum absolute atomic E-state index is 0.944. The summed E-state index contributed by atoms with van der Waals surface area (Å²) >= 11 is 0. The predicted octanol–water partition coefficient (Wildman–Crippen LogP) is 6.03. The van der Waals surface area contributed by atoms with Crippen molar-refractivity contribution in [2.24, 2.45) is 11.8 Å². The third kappa shape index (κ3) is 5.93. The molecule has 0 unspecified atom stereocenters. The molecule has 1 saturated heterocycles. The fourth-order valence-corrected chi connectivity index (χ4v) is 4.58. The van der Waals surface area contributed by atoms with Gasteiger partial charge in [-0.1, -0.05) is 58.8 Å². The molecule has 0 spiro atoms. The van der Waals surface area contributed by atoms with E-state index in [1.165, 1.54) is 96.6 Å². The Labute approximate surface area is 133 Å². The maximum atomic E-state index is 2.85. The first-order valence-corrected chi connectivity index (χ1v) is 10.1. The van der Waals surface area contributed by atoms with E-state index in [-0.39, 0.29) is 0 Å². The predicted molar refractivity (Wildman–Crippen MR) is 93.7 cm³/mol. The summed E-state index contributed by atoms with van der Waals surface area (Å²) < 4.78 is 0. The van der Waals surface area contributed by atoms with Crippen molar-refractivity contribution in [3.63, 3.8) is 0 Å². The Balaban J connectivity index is 1.60. The van der Waals surface area contributed by atoms with Crippen LogP contribution in [-0.4, -0.2) is 24.0 Å². The molecule has 0 bridgehead atoms. The lowest BCUT2D eigenvalue weighted by Gasteiger charge is -2.41. The van der Waals surface area contributed by atoms with Gasteiger partial charge in [0.1, 0.15) is 0 Å². The van der Waals surface area contributed by atoms with Gasteiger partial charge in [0.05, 0.1) is 0 Å². The van der Waals surface area contributed by atoms with Crippen LogP contribution in [0.3, 0.4) is 0 Å². The normalized spacial score (nSPS) is 28.9. The van der Waals surface area contributed by atoms with Crippen molar-refractivity contribution in [2.45, 2.75) is 103 Å². The summed E-state index contributed by atoms with van der Waals surface area (Å²) in [5.74, 6) is 2.11. The van der Waals surface area contributed by atoms with Crippen molar-refractivity contribution >= 4 is 0 Å². The first-order chi connectivity index (χ1) is 10.3. The van der Waals surface area contributed by atoms with Crippen LogP contribution in [-0.2, 0) is 0 Å². The number of rotatable bonds is 8. The third-order valence-electron chi connectivity index (χ3n) is 6.16. The maximum absolute atomic E-state index is 2.85. The largest absolute Gasteiger partial charge is 0.300 e. The van der Waals surface area contributed by atoms with Crippen LogP contribution in [0.5, 0.6) is 0 Å². The van der Waals surface area contributed by atoms with E-state index < -0.39 is 0 Å². The quantitative estimate of drug-likeness (QED) is 0.494. The smallest absolute Gasteiger partial charge is 0.00954 e. The molecule has 1 heterocycles. The molecule has 0 N–H and O–H groups in total. The van der Waals surface area contributed by atoms with Crippen molar-refractivity contribution in [1.82, 2.24) is 4.90 Å². The zero-order valence-corrected chi connectivity index (χ0v) is 14.8. The number of hydrogen-bond acceptors (Lipinski definition) is 1. The standard InChI is InChI=1S/C20H39N/c1-3-5-7-9-19-14-16-21(17-15-19)20-12-10-18(11-13-20)8-6-4-2/h18-20H,3-17H2,1-2H3/t18-,20-. The Kier molecular flexibility index (Phi) is 8.14. The molecular formula is C20H39N. The topological polar surface area (TPSA) is 3.24 Å². The van der Waals surface area contributed by atoms with E-state index in [0.29, 0.717) is 0 Å². The maximum Gasteiger partial charge on any atom is 0.00954 e. The molecule has 0 radical (unpaired) electrons. The monoisotopic (exact) mass is 293 g/mol. The summed E-state index contributed by atoms with van der Waals surface area (Å²) in [6.07, 6.45) is 19.1. The van der Waals surface area contributed by atoms with Gasteiger partial charge >= 0.3 is 0 Å². The van der Waals surface area contributed by atoms with Gasteiger partial charge in [0.25, 0.3) is 0 Å². The molecule has 0 aromatic carbocycles. The minimum Gasteiger partial charge on any atom is -0.300 e. The van der Waals surface area contributed by atoms with Crippen molar-refractivity contribution in [1.29, 1.82) is 0 Å². The summed E-state index contributed by atoms with van der Waals surface area (Å²) in [6, 6.07) is 0.944. The van der Waals surface area contributed by atoms with E-state index in [9.17, 15) is 0 Å². The number of likely N-dealkylation sites (tertiary alicyclic amines) is 1. The Morgan fingerprint density at radius 3 is 1.86 bits per heavy atom. The van der Waals surface area contributed by atoms with Crippen molar-refractivity contribution in [3.05, 3.63) is 0 Å². The van der Waals surface area contributed by atoms with Gasteiger partial charge < -0.3 is 4.90 Å². The Hall–Kier alpha value is -0.0400. The van der Waals surface area contributed by atoms with E-state index in [4.69, 9.17) is 0 Å². The van der Waals surface area contributed by atoms with Gasteiger partial charge in [-0.2, -0.15) is 0 Å². The molecule has 2 rings (SSSR count). The number of nitrogens with zero attached hydrogens (tertiary/aromatic N) is 1. The van der Waals surface area contributed by atoms with Gasteiger partial charge in [0.15, 0.2) is 0 Å². The third-order valence-corrected chi connectivity index (χ3v) is 6.16. The SMILES string of the molecule is CCCCCC1CCN([C@H]2CC[C@H](CCCC)CC2)CC1. The van der Waals surface area contributed by atoms with E-state index in [1.807, 2.05) is 0 Å². The number of hydrogen-bond donors (Lipinski definition) is 0. The summed E-state index contributed by atoms with van der Waals surface area (Å²) in [5, 5.41) is 0. The van der Waals surface area contributed by atoms with Crippen molar-refractivity contribution in [2.75, 3.05) is 13.1 Å². The molecule has 2 fully saturated rings. The Morgan fingerprint density at radius 2 is 1.24 bits per heavy atom. The van der Waals surface area contributed by atoms with Crippen LogP contribution in [0.25, 0.3) is 0 Å². The first kappa shape index (κ1) is 17.3. The second kappa shape index (κ2) is 9.87. The van der Waals surface area contributed by atoms with E-state index in [0.717, 1.165) is 17.9 Å². The second-order valence-electron chi connectivity index (χ2n) is 7.79. The van der Waals surface area contributed by atoms with Gasteiger partial charge in [-0.25, -0.2) is 0 Å². The summed E-state index contributed by atoms with van der Waals surface area (Å²) in [4.78, 5) is 2.85.